The van der Waals surface area contributed by atoms with E-state index in [1.54, 1.807) is 13.2 Å². The number of ether oxygens (including phenoxy) is 1. The van der Waals surface area contributed by atoms with Crippen molar-refractivity contribution in [3.63, 3.8) is 0 Å². The molecular formula is C15H16O2. The van der Waals surface area contributed by atoms with Crippen LogP contribution in [-0.4, -0.2) is 13.4 Å². The Bertz CT molecular complexity index is 496. The van der Waals surface area contributed by atoms with Gasteiger partial charge in [-0.3, -0.25) is 4.79 Å². The number of allylic oxidation sites excluding steroid dienone is 4. The van der Waals surface area contributed by atoms with E-state index < -0.39 is 0 Å². The zero-order chi connectivity index (χ0) is 12.3. The number of fused-ring (bicyclic) bond motifs is 1. The topological polar surface area (TPSA) is 26.3 Å². The molecule has 0 saturated carbocycles. The third-order valence-electron chi connectivity index (χ3n) is 3.17. The Morgan fingerprint density at radius 3 is 2.82 bits per heavy atom. The highest BCUT2D eigenvalue weighted by Crippen LogP contribution is 2.33. The van der Waals surface area contributed by atoms with Gasteiger partial charge in [-0.2, -0.15) is 0 Å². The van der Waals surface area contributed by atoms with Crippen molar-refractivity contribution in [1.82, 2.24) is 0 Å². The summed E-state index contributed by atoms with van der Waals surface area (Å²) < 4.78 is 5.23. The van der Waals surface area contributed by atoms with E-state index in [4.69, 9.17) is 4.74 Å². The molecule has 1 aliphatic carbocycles. The van der Waals surface area contributed by atoms with Crippen LogP contribution in [0.4, 0.5) is 0 Å². The summed E-state index contributed by atoms with van der Waals surface area (Å²) in [7, 11) is 1.68. The highest BCUT2D eigenvalue weighted by Gasteiger charge is 2.15. The number of carbonyl (C=O) groups is 1. The summed E-state index contributed by atoms with van der Waals surface area (Å²) in [5.74, 6) is 0.891. The van der Waals surface area contributed by atoms with Gasteiger partial charge >= 0.3 is 0 Å². The van der Waals surface area contributed by atoms with Gasteiger partial charge in [0.25, 0.3) is 0 Å². The van der Waals surface area contributed by atoms with Gasteiger partial charge in [-0.05, 0) is 54.7 Å². The molecule has 0 fully saturated rings. The van der Waals surface area contributed by atoms with Crippen molar-refractivity contribution in [2.24, 2.45) is 0 Å². The second-order valence-corrected chi connectivity index (χ2v) is 4.21. The van der Waals surface area contributed by atoms with Gasteiger partial charge in [0.05, 0.1) is 7.11 Å². The lowest BCUT2D eigenvalue weighted by molar-refractivity contribution is -0.104. The second-order valence-electron chi connectivity index (χ2n) is 4.21. The summed E-state index contributed by atoms with van der Waals surface area (Å²) in [6.07, 6.45) is 6.35. The summed E-state index contributed by atoms with van der Waals surface area (Å²) in [4.78, 5) is 10.4. The van der Waals surface area contributed by atoms with Crippen LogP contribution in [0.25, 0.3) is 5.57 Å². The first-order valence-electron chi connectivity index (χ1n) is 5.75. The molecule has 1 aromatic carbocycles. The number of methoxy groups -OCH3 is 1. The van der Waals surface area contributed by atoms with Crippen LogP contribution < -0.4 is 4.74 Å². The molecule has 0 aliphatic heterocycles. The van der Waals surface area contributed by atoms with Gasteiger partial charge in [0.15, 0.2) is 0 Å². The van der Waals surface area contributed by atoms with Crippen LogP contribution in [0.1, 0.15) is 24.5 Å². The number of aldehydes is 1. The van der Waals surface area contributed by atoms with Gasteiger partial charge in [0.2, 0.25) is 0 Å². The van der Waals surface area contributed by atoms with E-state index in [-0.39, 0.29) is 0 Å². The van der Waals surface area contributed by atoms with E-state index in [0.717, 1.165) is 24.9 Å². The maximum atomic E-state index is 10.4. The molecule has 2 rings (SSSR count). The van der Waals surface area contributed by atoms with Crippen molar-refractivity contribution in [2.75, 3.05) is 7.11 Å². The molecule has 0 saturated heterocycles. The zero-order valence-corrected chi connectivity index (χ0v) is 10.2. The minimum atomic E-state index is 0.818. The fourth-order valence-electron chi connectivity index (χ4n) is 2.22. The van der Waals surface area contributed by atoms with Gasteiger partial charge in [0, 0.05) is 0 Å². The first-order valence-corrected chi connectivity index (χ1v) is 5.75. The van der Waals surface area contributed by atoms with E-state index in [2.05, 4.69) is 19.1 Å². The van der Waals surface area contributed by atoms with Gasteiger partial charge < -0.3 is 4.74 Å². The Kier molecular flexibility index (Phi) is 3.43. The van der Waals surface area contributed by atoms with Crippen molar-refractivity contribution in [3.8, 4) is 5.75 Å². The molecule has 0 unspecified atom stereocenters. The van der Waals surface area contributed by atoms with Crippen LogP contribution in [0.15, 0.2) is 35.9 Å². The van der Waals surface area contributed by atoms with Crippen molar-refractivity contribution >= 4 is 11.9 Å². The predicted octanol–water partition coefficient (Wildman–Crippen LogP) is 3.17. The van der Waals surface area contributed by atoms with Crippen molar-refractivity contribution in [3.05, 3.63) is 47.1 Å². The highest BCUT2D eigenvalue weighted by molar-refractivity contribution is 5.83. The summed E-state index contributed by atoms with van der Waals surface area (Å²) in [6, 6.07) is 6.12. The summed E-state index contributed by atoms with van der Waals surface area (Å²) >= 11 is 0. The molecule has 1 aliphatic rings. The average molecular weight is 228 g/mol. The number of aryl methyl sites for hydroxylation is 1. The smallest absolute Gasteiger partial charge is 0.142 e. The summed E-state index contributed by atoms with van der Waals surface area (Å²) in [6.45, 7) is 2.12. The SMILES string of the molecule is COc1ccc2c(c1)CCC(C)=C2C=CC=O. The van der Waals surface area contributed by atoms with Crippen LogP contribution >= 0.6 is 0 Å². The fraction of sp³-hybridized carbons (Fsp3) is 0.267. The Morgan fingerprint density at radius 1 is 1.29 bits per heavy atom. The largest absolute Gasteiger partial charge is 0.497 e. The quantitative estimate of drug-likeness (QED) is 0.586. The van der Waals surface area contributed by atoms with Crippen LogP contribution in [-0.2, 0) is 11.2 Å². The highest BCUT2D eigenvalue weighted by atomic mass is 16.5. The molecule has 2 nitrogen and oxygen atoms in total. The summed E-state index contributed by atoms with van der Waals surface area (Å²) in [5, 5.41) is 0. The molecule has 0 radical (unpaired) electrons. The van der Waals surface area contributed by atoms with Gasteiger partial charge in [-0.25, -0.2) is 0 Å². The van der Waals surface area contributed by atoms with Crippen molar-refractivity contribution in [2.45, 2.75) is 19.8 Å². The fourth-order valence-corrected chi connectivity index (χ4v) is 2.22. The first kappa shape index (κ1) is 11.6. The normalized spacial score (nSPS) is 14.9. The lowest BCUT2D eigenvalue weighted by Crippen LogP contribution is -2.03. The number of hydrogen-bond acceptors (Lipinski definition) is 2. The van der Waals surface area contributed by atoms with Crippen LogP contribution in [0.2, 0.25) is 0 Å². The standard InChI is InChI=1S/C15H16O2/c1-11-5-6-12-10-13(17-2)7-8-15(12)14(11)4-3-9-16/h3-4,7-10H,5-6H2,1-2H3. The molecule has 0 atom stereocenters. The minimum Gasteiger partial charge on any atom is -0.497 e. The maximum absolute atomic E-state index is 10.4. The monoisotopic (exact) mass is 228 g/mol. The van der Waals surface area contributed by atoms with E-state index in [1.165, 1.54) is 22.3 Å². The Labute approximate surface area is 102 Å². The third kappa shape index (κ3) is 2.31. The van der Waals surface area contributed by atoms with Gasteiger partial charge in [0.1, 0.15) is 12.0 Å². The van der Waals surface area contributed by atoms with E-state index in [9.17, 15) is 4.79 Å². The van der Waals surface area contributed by atoms with Gasteiger partial charge in [-0.1, -0.05) is 17.7 Å². The van der Waals surface area contributed by atoms with Crippen LogP contribution in [0.3, 0.4) is 0 Å². The lowest BCUT2D eigenvalue weighted by atomic mass is 9.86. The predicted molar refractivity (Wildman–Crippen MR) is 69.1 cm³/mol. The Balaban J connectivity index is 2.48. The van der Waals surface area contributed by atoms with E-state index >= 15 is 0 Å². The van der Waals surface area contributed by atoms with E-state index in [1.807, 2.05) is 12.1 Å². The lowest BCUT2D eigenvalue weighted by Gasteiger charge is -2.20. The molecule has 0 N–H and O–H groups in total. The Hall–Kier alpha value is -1.83. The average Bonchev–Trinajstić information content (AvgIpc) is 2.37. The second kappa shape index (κ2) is 5.00. The minimum absolute atomic E-state index is 0.818. The molecule has 0 spiro atoms. The molecule has 0 aromatic heterocycles. The van der Waals surface area contributed by atoms with Crippen molar-refractivity contribution in [1.29, 1.82) is 0 Å². The number of rotatable bonds is 3. The number of benzene rings is 1. The molecule has 1 aromatic rings. The maximum Gasteiger partial charge on any atom is 0.142 e. The molecule has 88 valence electrons. The number of carbonyl (C=O) groups excluding carboxylic acids is 1. The molecule has 0 amide bonds. The zero-order valence-electron chi connectivity index (χ0n) is 10.2. The molecule has 2 heteroatoms. The first-order chi connectivity index (χ1) is 8.26. The number of hydrogen-bond donors (Lipinski definition) is 0. The van der Waals surface area contributed by atoms with E-state index in [0.29, 0.717) is 0 Å². The van der Waals surface area contributed by atoms with Crippen LogP contribution in [0.5, 0.6) is 5.75 Å². The van der Waals surface area contributed by atoms with Crippen LogP contribution in [0, 0.1) is 0 Å². The third-order valence-corrected chi connectivity index (χ3v) is 3.17. The molecule has 0 bridgehead atoms. The Morgan fingerprint density at radius 2 is 2.12 bits per heavy atom. The molecular weight excluding hydrogens is 212 g/mol. The summed E-state index contributed by atoms with van der Waals surface area (Å²) in [5.41, 5.74) is 5.01. The molecule has 0 heterocycles. The van der Waals surface area contributed by atoms with Gasteiger partial charge in [-0.15, -0.1) is 0 Å². The van der Waals surface area contributed by atoms with Crippen molar-refractivity contribution < 1.29 is 9.53 Å². The molecule has 17 heavy (non-hydrogen) atoms.